The highest BCUT2D eigenvalue weighted by Gasteiger charge is 2.28. The number of nitrogens with two attached hydrogens (primary N) is 1. The van der Waals surface area contributed by atoms with Crippen molar-refractivity contribution < 1.29 is 9.53 Å². The number of nitrogen functional groups attached to an aromatic ring is 1. The van der Waals surface area contributed by atoms with E-state index in [1.807, 2.05) is 10.8 Å². The SMILES string of the molecule is Nc1cc(C(=O)OCCCN2CCCC2)n(C2CC2)c1. The molecule has 0 radical (unpaired) electrons. The van der Waals surface area contributed by atoms with Gasteiger partial charge in [-0.1, -0.05) is 0 Å². The topological polar surface area (TPSA) is 60.5 Å². The minimum atomic E-state index is -0.241. The van der Waals surface area contributed by atoms with Gasteiger partial charge >= 0.3 is 5.97 Å². The molecular formula is C15H23N3O2. The maximum atomic E-state index is 12.1. The van der Waals surface area contributed by atoms with Crippen LogP contribution in [-0.4, -0.2) is 41.7 Å². The van der Waals surface area contributed by atoms with Gasteiger partial charge in [-0.2, -0.15) is 0 Å². The molecule has 1 aliphatic heterocycles. The molecule has 0 bridgehead atoms. The van der Waals surface area contributed by atoms with Crippen LogP contribution >= 0.6 is 0 Å². The van der Waals surface area contributed by atoms with E-state index in [1.54, 1.807) is 6.07 Å². The Hall–Kier alpha value is -1.49. The lowest BCUT2D eigenvalue weighted by molar-refractivity contribution is 0.0478. The van der Waals surface area contributed by atoms with Gasteiger partial charge < -0.3 is 19.9 Å². The molecule has 1 saturated heterocycles. The third kappa shape index (κ3) is 3.15. The quantitative estimate of drug-likeness (QED) is 0.638. The third-order valence-electron chi connectivity index (χ3n) is 4.07. The Kier molecular flexibility index (Phi) is 3.96. The van der Waals surface area contributed by atoms with E-state index >= 15 is 0 Å². The van der Waals surface area contributed by atoms with E-state index in [9.17, 15) is 4.79 Å². The summed E-state index contributed by atoms with van der Waals surface area (Å²) in [6, 6.07) is 2.17. The van der Waals surface area contributed by atoms with Crippen LogP contribution in [0.25, 0.3) is 0 Å². The summed E-state index contributed by atoms with van der Waals surface area (Å²) in [5, 5.41) is 0. The molecule has 2 heterocycles. The van der Waals surface area contributed by atoms with Crippen molar-refractivity contribution in [3.63, 3.8) is 0 Å². The number of esters is 1. The monoisotopic (exact) mass is 277 g/mol. The normalized spacial score (nSPS) is 19.4. The molecule has 0 amide bonds. The summed E-state index contributed by atoms with van der Waals surface area (Å²) in [4.78, 5) is 14.5. The Morgan fingerprint density at radius 3 is 2.80 bits per heavy atom. The van der Waals surface area contributed by atoms with Crippen LogP contribution in [-0.2, 0) is 4.74 Å². The molecule has 1 aromatic heterocycles. The fourth-order valence-electron chi connectivity index (χ4n) is 2.85. The molecule has 5 heteroatoms. The summed E-state index contributed by atoms with van der Waals surface area (Å²) in [6.07, 6.45) is 7.61. The molecule has 0 aromatic carbocycles. The van der Waals surface area contributed by atoms with Gasteiger partial charge in [0.25, 0.3) is 0 Å². The predicted molar refractivity (Wildman–Crippen MR) is 77.7 cm³/mol. The zero-order valence-corrected chi connectivity index (χ0v) is 11.9. The highest BCUT2D eigenvalue weighted by Crippen LogP contribution is 2.37. The number of carbonyl (C=O) groups excluding carboxylic acids is 1. The van der Waals surface area contributed by atoms with Crippen LogP contribution in [0.3, 0.4) is 0 Å². The van der Waals surface area contributed by atoms with Crippen molar-refractivity contribution in [3.05, 3.63) is 18.0 Å². The molecule has 2 aliphatic rings. The average Bonchev–Trinajstić information content (AvgIpc) is 3.00. The lowest BCUT2D eigenvalue weighted by Crippen LogP contribution is -2.22. The van der Waals surface area contributed by atoms with Gasteiger partial charge in [-0.3, -0.25) is 0 Å². The first-order valence-corrected chi connectivity index (χ1v) is 7.61. The zero-order valence-electron chi connectivity index (χ0n) is 11.9. The molecule has 0 unspecified atom stereocenters. The molecule has 5 nitrogen and oxygen atoms in total. The minimum Gasteiger partial charge on any atom is -0.461 e. The van der Waals surface area contributed by atoms with Gasteiger partial charge in [0.15, 0.2) is 0 Å². The molecular weight excluding hydrogens is 254 g/mol. The molecule has 2 N–H and O–H groups in total. The van der Waals surface area contributed by atoms with E-state index in [2.05, 4.69) is 4.90 Å². The first-order valence-electron chi connectivity index (χ1n) is 7.61. The molecule has 110 valence electrons. The second-order valence-electron chi connectivity index (χ2n) is 5.84. The lowest BCUT2D eigenvalue weighted by atomic mass is 10.4. The van der Waals surface area contributed by atoms with Gasteiger partial charge in [0, 0.05) is 18.8 Å². The van der Waals surface area contributed by atoms with Crippen LogP contribution in [0.15, 0.2) is 12.3 Å². The van der Waals surface area contributed by atoms with E-state index in [0.29, 0.717) is 24.0 Å². The summed E-state index contributed by atoms with van der Waals surface area (Å²) in [5.41, 5.74) is 7.03. The van der Waals surface area contributed by atoms with E-state index in [0.717, 1.165) is 25.8 Å². The summed E-state index contributed by atoms with van der Waals surface area (Å²) in [7, 11) is 0. The summed E-state index contributed by atoms with van der Waals surface area (Å²) in [5.74, 6) is -0.241. The zero-order chi connectivity index (χ0) is 13.9. The average molecular weight is 277 g/mol. The maximum Gasteiger partial charge on any atom is 0.355 e. The number of rotatable bonds is 6. The predicted octanol–water partition coefficient (Wildman–Crippen LogP) is 2.05. The Labute approximate surface area is 119 Å². The Morgan fingerprint density at radius 1 is 1.35 bits per heavy atom. The Morgan fingerprint density at radius 2 is 2.10 bits per heavy atom. The number of hydrogen-bond acceptors (Lipinski definition) is 4. The first-order chi connectivity index (χ1) is 9.74. The second kappa shape index (κ2) is 5.87. The van der Waals surface area contributed by atoms with Crippen LogP contribution in [0.2, 0.25) is 0 Å². The molecule has 0 atom stereocenters. The lowest BCUT2D eigenvalue weighted by Gasteiger charge is -2.14. The number of ether oxygens (including phenoxy) is 1. The smallest absolute Gasteiger partial charge is 0.355 e. The van der Waals surface area contributed by atoms with Gasteiger partial charge in [0.2, 0.25) is 0 Å². The van der Waals surface area contributed by atoms with Crippen molar-refractivity contribution in [2.75, 3.05) is 32.0 Å². The minimum absolute atomic E-state index is 0.241. The summed E-state index contributed by atoms with van der Waals surface area (Å²) in [6.45, 7) is 3.90. The van der Waals surface area contributed by atoms with E-state index in [4.69, 9.17) is 10.5 Å². The van der Waals surface area contributed by atoms with Crippen molar-refractivity contribution in [1.29, 1.82) is 0 Å². The van der Waals surface area contributed by atoms with E-state index in [1.165, 1.54) is 25.9 Å². The van der Waals surface area contributed by atoms with Gasteiger partial charge in [0.05, 0.1) is 12.3 Å². The van der Waals surface area contributed by atoms with Gasteiger partial charge in [0.1, 0.15) is 5.69 Å². The van der Waals surface area contributed by atoms with E-state index in [-0.39, 0.29) is 5.97 Å². The van der Waals surface area contributed by atoms with Crippen molar-refractivity contribution in [2.24, 2.45) is 0 Å². The number of nitrogens with zero attached hydrogens (tertiary/aromatic N) is 2. The second-order valence-corrected chi connectivity index (χ2v) is 5.84. The van der Waals surface area contributed by atoms with Crippen LogP contribution in [0.4, 0.5) is 5.69 Å². The molecule has 1 aromatic rings. The van der Waals surface area contributed by atoms with Gasteiger partial charge in [-0.05, 0) is 51.3 Å². The molecule has 3 rings (SSSR count). The van der Waals surface area contributed by atoms with Crippen molar-refractivity contribution in [1.82, 2.24) is 9.47 Å². The van der Waals surface area contributed by atoms with Crippen LogP contribution < -0.4 is 5.73 Å². The number of anilines is 1. The molecule has 2 fully saturated rings. The third-order valence-corrected chi connectivity index (χ3v) is 4.07. The highest BCUT2D eigenvalue weighted by atomic mass is 16.5. The van der Waals surface area contributed by atoms with Crippen LogP contribution in [0.5, 0.6) is 0 Å². The molecule has 1 saturated carbocycles. The van der Waals surface area contributed by atoms with E-state index < -0.39 is 0 Å². The number of aromatic nitrogens is 1. The fourth-order valence-corrected chi connectivity index (χ4v) is 2.85. The van der Waals surface area contributed by atoms with Gasteiger partial charge in [-0.15, -0.1) is 0 Å². The van der Waals surface area contributed by atoms with Crippen molar-refractivity contribution in [2.45, 2.75) is 38.1 Å². The van der Waals surface area contributed by atoms with Crippen LogP contribution in [0, 0.1) is 0 Å². The largest absolute Gasteiger partial charge is 0.461 e. The highest BCUT2D eigenvalue weighted by molar-refractivity contribution is 5.89. The molecule has 0 spiro atoms. The molecule has 20 heavy (non-hydrogen) atoms. The standard InChI is InChI=1S/C15H23N3O2/c16-12-10-14(18(11-12)13-4-5-13)15(19)20-9-3-8-17-6-1-2-7-17/h10-11,13H,1-9,16H2. The van der Waals surface area contributed by atoms with Gasteiger partial charge in [-0.25, -0.2) is 4.79 Å². The molecule has 1 aliphatic carbocycles. The Balaban J connectivity index is 1.46. The summed E-state index contributed by atoms with van der Waals surface area (Å²) >= 11 is 0. The fraction of sp³-hybridized carbons (Fsp3) is 0.667. The summed E-state index contributed by atoms with van der Waals surface area (Å²) < 4.78 is 7.35. The maximum absolute atomic E-state index is 12.1. The van der Waals surface area contributed by atoms with Crippen molar-refractivity contribution in [3.8, 4) is 0 Å². The van der Waals surface area contributed by atoms with Crippen molar-refractivity contribution >= 4 is 11.7 Å². The number of likely N-dealkylation sites (tertiary alicyclic amines) is 1. The number of hydrogen-bond donors (Lipinski definition) is 1. The number of carbonyl (C=O) groups is 1. The van der Waals surface area contributed by atoms with Crippen LogP contribution in [0.1, 0.15) is 48.6 Å². The Bertz CT molecular complexity index is 473. The first kappa shape index (κ1) is 13.5.